The lowest BCUT2D eigenvalue weighted by Gasteiger charge is -2.11. The second-order valence-corrected chi connectivity index (χ2v) is 6.07. The molecule has 1 fully saturated rings. The zero-order valence-electron chi connectivity index (χ0n) is 10.6. The quantitative estimate of drug-likeness (QED) is 0.884. The van der Waals surface area contributed by atoms with Crippen molar-refractivity contribution in [3.8, 4) is 0 Å². The van der Waals surface area contributed by atoms with Gasteiger partial charge in [0.15, 0.2) is 0 Å². The first-order valence-corrected chi connectivity index (χ1v) is 7.67. The summed E-state index contributed by atoms with van der Waals surface area (Å²) in [4.78, 5) is 0. The third-order valence-electron chi connectivity index (χ3n) is 3.89. The minimum absolute atomic E-state index is 0.628. The van der Waals surface area contributed by atoms with Crippen LogP contribution in [0.2, 0.25) is 0 Å². The molecule has 1 saturated carbocycles. The van der Waals surface area contributed by atoms with Crippen LogP contribution in [0.25, 0.3) is 10.1 Å². The highest BCUT2D eigenvalue weighted by atomic mass is 32.1. The molecule has 18 heavy (non-hydrogen) atoms. The van der Waals surface area contributed by atoms with Gasteiger partial charge in [-0.2, -0.15) is 0 Å². The Morgan fingerprint density at radius 3 is 2.89 bits per heavy atom. The number of hydrogen-bond donors (Lipinski definition) is 2. The maximum Gasteiger partial charge on any atom is 0.0349 e. The lowest BCUT2D eigenvalue weighted by atomic mass is 10.1. The van der Waals surface area contributed by atoms with Crippen LogP contribution in [0.15, 0.2) is 23.6 Å². The van der Waals surface area contributed by atoms with Crippen LogP contribution in [-0.2, 0) is 13.1 Å². The van der Waals surface area contributed by atoms with Gasteiger partial charge in [-0.3, -0.25) is 0 Å². The monoisotopic (exact) mass is 260 g/mol. The number of nitrogens with two attached hydrogens (primary N) is 1. The van der Waals surface area contributed by atoms with Gasteiger partial charge in [-0.25, -0.2) is 0 Å². The van der Waals surface area contributed by atoms with Crippen molar-refractivity contribution < 1.29 is 0 Å². The lowest BCUT2D eigenvalue weighted by molar-refractivity contribution is 0.526. The highest BCUT2D eigenvalue weighted by molar-refractivity contribution is 7.17. The van der Waals surface area contributed by atoms with E-state index in [0.29, 0.717) is 6.54 Å². The van der Waals surface area contributed by atoms with Crippen molar-refractivity contribution in [2.45, 2.75) is 44.8 Å². The van der Waals surface area contributed by atoms with Gasteiger partial charge >= 0.3 is 0 Å². The van der Waals surface area contributed by atoms with Crippen molar-refractivity contribution in [2.24, 2.45) is 5.73 Å². The molecular formula is C15H20N2S. The third-order valence-corrected chi connectivity index (χ3v) is 4.89. The Balaban J connectivity index is 1.75. The highest BCUT2D eigenvalue weighted by Gasteiger charge is 2.14. The van der Waals surface area contributed by atoms with Gasteiger partial charge in [0, 0.05) is 23.8 Å². The lowest BCUT2D eigenvalue weighted by Crippen LogP contribution is -2.25. The van der Waals surface area contributed by atoms with E-state index >= 15 is 0 Å². The molecule has 3 rings (SSSR count). The molecule has 3 heteroatoms. The van der Waals surface area contributed by atoms with Crippen LogP contribution in [-0.4, -0.2) is 6.04 Å². The summed E-state index contributed by atoms with van der Waals surface area (Å²) in [7, 11) is 0. The molecule has 0 unspecified atom stereocenters. The van der Waals surface area contributed by atoms with E-state index in [2.05, 4.69) is 28.9 Å². The normalized spacial score (nSPS) is 16.7. The van der Waals surface area contributed by atoms with Gasteiger partial charge in [0.05, 0.1) is 0 Å². The smallest absolute Gasteiger partial charge is 0.0349 e. The maximum absolute atomic E-state index is 5.68. The number of fused-ring (bicyclic) bond motifs is 1. The third kappa shape index (κ3) is 2.44. The van der Waals surface area contributed by atoms with Crippen molar-refractivity contribution in [1.82, 2.24) is 5.32 Å². The van der Waals surface area contributed by atoms with Gasteiger partial charge < -0.3 is 11.1 Å². The fourth-order valence-electron chi connectivity index (χ4n) is 2.78. The molecule has 0 radical (unpaired) electrons. The molecule has 0 atom stereocenters. The van der Waals surface area contributed by atoms with E-state index in [0.717, 1.165) is 12.6 Å². The van der Waals surface area contributed by atoms with Crippen molar-refractivity contribution in [1.29, 1.82) is 0 Å². The van der Waals surface area contributed by atoms with E-state index in [9.17, 15) is 0 Å². The summed E-state index contributed by atoms with van der Waals surface area (Å²) in [6.45, 7) is 1.64. The Labute approximate surface area is 112 Å². The molecule has 96 valence electrons. The Kier molecular flexibility index (Phi) is 3.64. The average Bonchev–Trinajstić information content (AvgIpc) is 3.05. The Morgan fingerprint density at radius 1 is 1.28 bits per heavy atom. The van der Waals surface area contributed by atoms with Crippen LogP contribution in [0, 0.1) is 0 Å². The topological polar surface area (TPSA) is 38.0 Å². The number of rotatable bonds is 4. The largest absolute Gasteiger partial charge is 0.326 e. The van der Waals surface area contributed by atoms with Gasteiger partial charge in [-0.1, -0.05) is 25.0 Å². The maximum atomic E-state index is 5.68. The minimum Gasteiger partial charge on any atom is -0.326 e. The summed E-state index contributed by atoms with van der Waals surface area (Å²) in [5, 5.41) is 7.36. The van der Waals surface area contributed by atoms with Crippen LogP contribution in [0.1, 0.15) is 36.8 Å². The minimum atomic E-state index is 0.628. The molecule has 0 spiro atoms. The molecule has 0 aliphatic heterocycles. The van der Waals surface area contributed by atoms with Gasteiger partial charge in [0.2, 0.25) is 0 Å². The van der Waals surface area contributed by atoms with E-state index in [4.69, 9.17) is 5.73 Å². The van der Waals surface area contributed by atoms with E-state index in [1.165, 1.54) is 46.9 Å². The number of benzene rings is 1. The van der Waals surface area contributed by atoms with Gasteiger partial charge in [0.25, 0.3) is 0 Å². The number of thiophene rings is 1. The molecule has 3 N–H and O–H groups in total. The van der Waals surface area contributed by atoms with E-state index < -0.39 is 0 Å². The average molecular weight is 260 g/mol. The van der Waals surface area contributed by atoms with Crippen molar-refractivity contribution in [2.75, 3.05) is 0 Å². The van der Waals surface area contributed by atoms with E-state index in [1.807, 2.05) is 11.3 Å². The summed E-state index contributed by atoms with van der Waals surface area (Å²) >= 11 is 1.83. The van der Waals surface area contributed by atoms with Crippen LogP contribution in [0.4, 0.5) is 0 Å². The van der Waals surface area contributed by atoms with Gasteiger partial charge in [-0.05, 0) is 40.8 Å². The summed E-state index contributed by atoms with van der Waals surface area (Å²) in [5.74, 6) is 0. The fourth-order valence-corrected chi connectivity index (χ4v) is 3.80. The second kappa shape index (κ2) is 5.39. The van der Waals surface area contributed by atoms with E-state index in [-0.39, 0.29) is 0 Å². The van der Waals surface area contributed by atoms with Crippen molar-refractivity contribution >= 4 is 21.4 Å². The molecule has 1 heterocycles. The molecule has 0 amide bonds. The van der Waals surface area contributed by atoms with Crippen molar-refractivity contribution in [3.63, 3.8) is 0 Å². The Bertz CT molecular complexity index is 526. The molecule has 1 aliphatic rings. The van der Waals surface area contributed by atoms with E-state index in [1.54, 1.807) is 0 Å². The Morgan fingerprint density at radius 2 is 2.11 bits per heavy atom. The van der Waals surface area contributed by atoms with Crippen LogP contribution in [0.5, 0.6) is 0 Å². The standard InChI is InChI=1S/C15H20N2S/c16-8-11-5-6-14-12(10-18-15(14)7-11)9-17-13-3-1-2-4-13/h5-7,10,13,17H,1-4,8-9,16H2. The summed E-state index contributed by atoms with van der Waals surface area (Å²) in [5.41, 5.74) is 8.34. The number of nitrogens with one attached hydrogen (secondary N) is 1. The first-order chi connectivity index (χ1) is 8.86. The highest BCUT2D eigenvalue weighted by Crippen LogP contribution is 2.27. The zero-order valence-corrected chi connectivity index (χ0v) is 11.4. The molecule has 1 aromatic heterocycles. The molecule has 1 aromatic carbocycles. The SMILES string of the molecule is NCc1ccc2c(CNC3CCCC3)csc2c1. The fraction of sp³-hybridized carbons (Fsp3) is 0.467. The van der Waals surface area contributed by atoms with Crippen LogP contribution < -0.4 is 11.1 Å². The molecule has 1 aliphatic carbocycles. The molecular weight excluding hydrogens is 240 g/mol. The summed E-state index contributed by atoms with van der Waals surface area (Å²) in [6, 6.07) is 7.33. The van der Waals surface area contributed by atoms with Crippen LogP contribution >= 0.6 is 11.3 Å². The number of hydrogen-bond acceptors (Lipinski definition) is 3. The molecule has 2 nitrogen and oxygen atoms in total. The predicted molar refractivity (Wildman–Crippen MR) is 78.8 cm³/mol. The molecule has 2 aromatic rings. The van der Waals surface area contributed by atoms with Gasteiger partial charge in [0.1, 0.15) is 0 Å². The molecule has 0 saturated heterocycles. The predicted octanol–water partition coefficient (Wildman–Crippen LogP) is 3.39. The summed E-state index contributed by atoms with van der Waals surface area (Å²) < 4.78 is 1.36. The Hall–Kier alpha value is -0.900. The van der Waals surface area contributed by atoms with Gasteiger partial charge in [-0.15, -0.1) is 11.3 Å². The first-order valence-electron chi connectivity index (χ1n) is 6.79. The van der Waals surface area contributed by atoms with Crippen molar-refractivity contribution in [3.05, 3.63) is 34.7 Å². The van der Waals surface area contributed by atoms with Crippen LogP contribution in [0.3, 0.4) is 0 Å². The molecule has 0 bridgehead atoms. The zero-order chi connectivity index (χ0) is 12.4. The second-order valence-electron chi connectivity index (χ2n) is 5.16. The first kappa shape index (κ1) is 12.2. The summed E-state index contributed by atoms with van der Waals surface area (Å²) in [6.07, 6.45) is 5.47.